The summed E-state index contributed by atoms with van der Waals surface area (Å²) in [6.45, 7) is 3.70. The predicted octanol–water partition coefficient (Wildman–Crippen LogP) is 3.00. The molecule has 0 atom stereocenters. The largest absolute Gasteiger partial charge is 0.507 e. The van der Waals surface area contributed by atoms with E-state index in [2.05, 4.69) is 11.8 Å². The molecule has 0 aliphatic heterocycles. The Morgan fingerprint density at radius 2 is 2.05 bits per heavy atom. The van der Waals surface area contributed by atoms with Crippen LogP contribution >= 0.6 is 0 Å². The second-order valence-corrected chi connectivity index (χ2v) is 5.19. The molecule has 19 heavy (non-hydrogen) atoms. The maximum Gasteiger partial charge on any atom is 0.147 e. The van der Waals surface area contributed by atoms with Gasteiger partial charge in [-0.3, -0.25) is 0 Å². The van der Waals surface area contributed by atoms with Crippen molar-refractivity contribution in [2.24, 2.45) is 0 Å². The SMILES string of the molecule is CCCn1cc(CCN(C)C)c2c(O)ccc(F)c21. The molecule has 0 aliphatic rings. The van der Waals surface area contributed by atoms with E-state index in [4.69, 9.17) is 0 Å². The van der Waals surface area contributed by atoms with Crippen molar-refractivity contribution in [3.63, 3.8) is 0 Å². The lowest BCUT2D eigenvalue weighted by atomic mass is 10.1. The number of halogens is 1. The van der Waals surface area contributed by atoms with Crippen molar-refractivity contribution in [3.8, 4) is 5.75 Å². The molecular formula is C15H21FN2O. The Morgan fingerprint density at radius 3 is 2.68 bits per heavy atom. The van der Waals surface area contributed by atoms with Crippen LogP contribution in [0.3, 0.4) is 0 Å². The van der Waals surface area contributed by atoms with E-state index < -0.39 is 0 Å². The molecule has 3 nitrogen and oxygen atoms in total. The zero-order chi connectivity index (χ0) is 14.0. The lowest BCUT2D eigenvalue weighted by molar-refractivity contribution is 0.413. The zero-order valence-electron chi connectivity index (χ0n) is 11.8. The molecule has 0 radical (unpaired) electrons. The van der Waals surface area contributed by atoms with Gasteiger partial charge in [-0.25, -0.2) is 4.39 Å². The van der Waals surface area contributed by atoms with Gasteiger partial charge < -0.3 is 14.6 Å². The average molecular weight is 264 g/mol. The number of phenolic OH excluding ortho intramolecular Hbond substituents is 1. The third kappa shape index (κ3) is 2.73. The Labute approximate surface area is 113 Å². The van der Waals surface area contributed by atoms with Gasteiger partial charge in [-0.2, -0.15) is 0 Å². The topological polar surface area (TPSA) is 28.4 Å². The van der Waals surface area contributed by atoms with Crippen LogP contribution in [0.15, 0.2) is 18.3 Å². The van der Waals surface area contributed by atoms with Gasteiger partial charge in [-0.1, -0.05) is 6.92 Å². The van der Waals surface area contributed by atoms with Crippen molar-refractivity contribution in [2.45, 2.75) is 26.3 Å². The summed E-state index contributed by atoms with van der Waals surface area (Å²) in [6, 6.07) is 2.77. The molecular weight excluding hydrogens is 243 g/mol. The molecule has 4 heteroatoms. The number of likely N-dealkylation sites (N-methyl/N-ethyl adjacent to an activating group) is 1. The fraction of sp³-hybridized carbons (Fsp3) is 0.467. The van der Waals surface area contributed by atoms with E-state index in [-0.39, 0.29) is 11.6 Å². The molecule has 0 spiro atoms. The lowest BCUT2D eigenvalue weighted by Gasteiger charge is -2.08. The Hall–Kier alpha value is -1.55. The number of rotatable bonds is 5. The minimum Gasteiger partial charge on any atom is -0.507 e. The van der Waals surface area contributed by atoms with Gasteiger partial charge in [0.25, 0.3) is 0 Å². The van der Waals surface area contributed by atoms with E-state index in [1.807, 2.05) is 24.9 Å². The highest BCUT2D eigenvalue weighted by molar-refractivity contribution is 5.90. The monoisotopic (exact) mass is 264 g/mol. The molecule has 1 aromatic carbocycles. The number of fused-ring (bicyclic) bond motifs is 1. The molecule has 1 aromatic heterocycles. The van der Waals surface area contributed by atoms with Crippen molar-refractivity contribution in [3.05, 3.63) is 29.7 Å². The molecule has 0 saturated heterocycles. The maximum atomic E-state index is 14.0. The number of hydrogen-bond acceptors (Lipinski definition) is 2. The summed E-state index contributed by atoms with van der Waals surface area (Å²) in [4.78, 5) is 2.08. The third-order valence-corrected chi connectivity index (χ3v) is 3.32. The predicted molar refractivity (Wildman–Crippen MR) is 76.1 cm³/mol. The molecule has 104 valence electrons. The summed E-state index contributed by atoms with van der Waals surface area (Å²) >= 11 is 0. The molecule has 1 heterocycles. The average Bonchev–Trinajstić information content (AvgIpc) is 2.72. The van der Waals surface area contributed by atoms with Crippen molar-refractivity contribution in [2.75, 3.05) is 20.6 Å². The molecule has 0 unspecified atom stereocenters. The van der Waals surface area contributed by atoms with Crippen LogP contribution in [0.25, 0.3) is 10.9 Å². The highest BCUT2D eigenvalue weighted by Gasteiger charge is 2.15. The first-order chi connectivity index (χ1) is 9.04. The van der Waals surface area contributed by atoms with Crippen LogP contribution in [0.2, 0.25) is 0 Å². The number of aryl methyl sites for hydroxylation is 1. The standard InChI is InChI=1S/C15H21FN2O/c1-4-8-18-10-11(7-9-17(2)3)14-13(19)6-5-12(16)15(14)18/h5-6,10,19H,4,7-9H2,1-3H3. The fourth-order valence-electron chi connectivity index (χ4n) is 2.42. The van der Waals surface area contributed by atoms with Gasteiger partial charge in [-0.05, 0) is 44.6 Å². The molecule has 2 aromatic rings. The third-order valence-electron chi connectivity index (χ3n) is 3.32. The van der Waals surface area contributed by atoms with Crippen LogP contribution in [-0.2, 0) is 13.0 Å². The first kappa shape index (κ1) is 13.9. The number of hydrogen-bond donors (Lipinski definition) is 1. The molecule has 0 bridgehead atoms. The quantitative estimate of drug-likeness (QED) is 0.899. The van der Waals surface area contributed by atoms with Crippen molar-refractivity contribution in [1.82, 2.24) is 9.47 Å². The van der Waals surface area contributed by atoms with Crippen molar-refractivity contribution in [1.29, 1.82) is 0 Å². The molecule has 0 aliphatic carbocycles. The summed E-state index contributed by atoms with van der Waals surface area (Å²) in [7, 11) is 4.01. The lowest BCUT2D eigenvalue weighted by Crippen LogP contribution is -2.14. The highest BCUT2D eigenvalue weighted by atomic mass is 19.1. The summed E-state index contributed by atoms with van der Waals surface area (Å²) in [5.74, 6) is -0.0997. The van der Waals surface area contributed by atoms with E-state index >= 15 is 0 Å². The highest BCUT2D eigenvalue weighted by Crippen LogP contribution is 2.32. The summed E-state index contributed by atoms with van der Waals surface area (Å²) in [6.07, 6.45) is 3.71. The van der Waals surface area contributed by atoms with Crippen LogP contribution in [0.4, 0.5) is 4.39 Å². The van der Waals surface area contributed by atoms with E-state index in [1.165, 1.54) is 12.1 Å². The van der Waals surface area contributed by atoms with Crippen LogP contribution in [0.1, 0.15) is 18.9 Å². The smallest absolute Gasteiger partial charge is 0.147 e. The van der Waals surface area contributed by atoms with Crippen LogP contribution < -0.4 is 0 Å². The summed E-state index contributed by atoms with van der Waals surface area (Å²) < 4.78 is 15.9. The van der Waals surface area contributed by atoms with Gasteiger partial charge in [0.2, 0.25) is 0 Å². The molecule has 0 fully saturated rings. The number of benzene rings is 1. The Bertz CT molecular complexity index is 575. The first-order valence-corrected chi connectivity index (χ1v) is 6.68. The van der Waals surface area contributed by atoms with Crippen molar-refractivity contribution >= 4 is 10.9 Å². The van der Waals surface area contributed by atoms with Gasteiger partial charge in [0, 0.05) is 24.7 Å². The van der Waals surface area contributed by atoms with Crippen LogP contribution in [0.5, 0.6) is 5.75 Å². The summed E-state index contributed by atoms with van der Waals surface area (Å²) in [5, 5.41) is 10.7. The zero-order valence-corrected chi connectivity index (χ0v) is 11.8. The van der Waals surface area contributed by atoms with Gasteiger partial charge in [0.15, 0.2) is 0 Å². The second-order valence-electron chi connectivity index (χ2n) is 5.19. The number of phenols is 1. The summed E-state index contributed by atoms with van der Waals surface area (Å²) in [5.41, 5.74) is 1.53. The number of nitrogens with zero attached hydrogens (tertiary/aromatic N) is 2. The van der Waals surface area contributed by atoms with E-state index in [1.54, 1.807) is 0 Å². The first-order valence-electron chi connectivity index (χ1n) is 6.68. The van der Waals surface area contributed by atoms with Crippen LogP contribution in [-0.4, -0.2) is 35.2 Å². The minimum absolute atomic E-state index is 0.167. The van der Waals surface area contributed by atoms with Gasteiger partial charge in [-0.15, -0.1) is 0 Å². The normalized spacial score (nSPS) is 11.6. The number of aromatic hydroxyl groups is 1. The fourth-order valence-corrected chi connectivity index (χ4v) is 2.42. The van der Waals surface area contributed by atoms with Gasteiger partial charge >= 0.3 is 0 Å². The van der Waals surface area contributed by atoms with E-state index in [0.29, 0.717) is 10.9 Å². The molecule has 0 saturated carbocycles. The van der Waals surface area contributed by atoms with Crippen LogP contribution in [0, 0.1) is 5.82 Å². The van der Waals surface area contributed by atoms with E-state index in [9.17, 15) is 9.50 Å². The second kappa shape index (κ2) is 5.61. The molecule has 2 rings (SSSR count). The van der Waals surface area contributed by atoms with E-state index in [0.717, 1.165) is 31.5 Å². The maximum absolute atomic E-state index is 14.0. The Kier molecular flexibility index (Phi) is 4.10. The molecule has 0 amide bonds. The van der Waals surface area contributed by atoms with Crippen molar-refractivity contribution < 1.29 is 9.50 Å². The Balaban J connectivity index is 2.54. The minimum atomic E-state index is -0.266. The Morgan fingerprint density at radius 1 is 1.32 bits per heavy atom. The molecule has 1 N–H and O–H groups in total. The van der Waals surface area contributed by atoms with Gasteiger partial charge in [0.1, 0.15) is 11.6 Å². The number of aromatic nitrogens is 1. The van der Waals surface area contributed by atoms with Gasteiger partial charge in [0.05, 0.1) is 5.52 Å².